The molecule has 0 saturated heterocycles. The van der Waals surface area contributed by atoms with Crippen LogP contribution in [-0.2, 0) is 23.9 Å². The maximum Gasteiger partial charge on any atom is 0.311 e. The minimum absolute atomic E-state index is 0.105. The van der Waals surface area contributed by atoms with Crippen molar-refractivity contribution >= 4 is 20.2 Å². The van der Waals surface area contributed by atoms with Crippen molar-refractivity contribution in [1.29, 1.82) is 0 Å². The van der Waals surface area contributed by atoms with E-state index in [-0.39, 0.29) is 11.3 Å². The molecular formula is C11H12O5S2. The van der Waals surface area contributed by atoms with Gasteiger partial charge in [-0.25, -0.2) is 0 Å². The highest BCUT2D eigenvalue weighted by Gasteiger charge is 2.24. The molecule has 0 saturated carbocycles. The Labute approximate surface area is 107 Å². The minimum atomic E-state index is -4.32. The highest BCUT2D eigenvalue weighted by atomic mass is 32.3. The summed E-state index contributed by atoms with van der Waals surface area (Å²) in [5.41, 5.74) is 0.851. The van der Waals surface area contributed by atoms with Crippen molar-refractivity contribution in [3.8, 4) is 12.3 Å². The van der Waals surface area contributed by atoms with Crippen molar-refractivity contribution in [1.82, 2.24) is 0 Å². The van der Waals surface area contributed by atoms with E-state index in [4.69, 9.17) is 6.42 Å². The number of hydrogen-bond acceptors (Lipinski definition) is 5. The first-order chi connectivity index (χ1) is 8.27. The third-order valence-electron chi connectivity index (χ3n) is 2.00. The SMILES string of the molecule is C#CCCS(=O)(=O)OS(=O)(=O)c1ccc(C)cc1. The van der Waals surface area contributed by atoms with Gasteiger partial charge in [-0.15, -0.1) is 16.0 Å². The molecule has 0 amide bonds. The maximum atomic E-state index is 11.7. The fourth-order valence-electron chi connectivity index (χ4n) is 1.10. The monoisotopic (exact) mass is 288 g/mol. The molecule has 0 fully saturated rings. The molecular weight excluding hydrogens is 276 g/mol. The molecule has 18 heavy (non-hydrogen) atoms. The van der Waals surface area contributed by atoms with Crippen molar-refractivity contribution in [2.24, 2.45) is 0 Å². The van der Waals surface area contributed by atoms with Gasteiger partial charge in [0.15, 0.2) is 0 Å². The quantitative estimate of drug-likeness (QED) is 0.757. The second kappa shape index (κ2) is 5.52. The van der Waals surface area contributed by atoms with Gasteiger partial charge in [-0.1, -0.05) is 17.7 Å². The summed E-state index contributed by atoms with van der Waals surface area (Å²) in [5.74, 6) is 1.57. The van der Waals surface area contributed by atoms with Crippen LogP contribution >= 0.6 is 0 Å². The van der Waals surface area contributed by atoms with Crippen LogP contribution in [0, 0.1) is 19.3 Å². The third kappa shape index (κ3) is 4.14. The molecule has 0 aliphatic heterocycles. The molecule has 0 aliphatic carbocycles. The van der Waals surface area contributed by atoms with Gasteiger partial charge in [0.2, 0.25) is 0 Å². The lowest BCUT2D eigenvalue weighted by Gasteiger charge is -2.05. The van der Waals surface area contributed by atoms with E-state index in [1.807, 2.05) is 0 Å². The number of aryl methyl sites for hydroxylation is 1. The molecule has 1 aromatic carbocycles. The Morgan fingerprint density at radius 1 is 1.17 bits per heavy atom. The summed E-state index contributed by atoms with van der Waals surface area (Å²) in [7, 11) is -8.51. The Hall–Kier alpha value is -1.36. The molecule has 98 valence electrons. The van der Waals surface area contributed by atoms with Gasteiger partial charge >= 0.3 is 10.1 Å². The average Bonchev–Trinajstić information content (AvgIpc) is 2.25. The van der Waals surface area contributed by atoms with E-state index in [2.05, 4.69) is 9.55 Å². The van der Waals surface area contributed by atoms with Crippen LogP contribution in [0.5, 0.6) is 0 Å². The maximum absolute atomic E-state index is 11.7. The molecule has 0 N–H and O–H groups in total. The van der Waals surface area contributed by atoms with E-state index >= 15 is 0 Å². The summed E-state index contributed by atoms with van der Waals surface area (Å²) in [6, 6.07) is 5.65. The summed E-state index contributed by atoms with van der Waals surface area (Å²) in [6.45, 7) is 1.78. The minimum Gasteiger partial charge on any atom is -0.198 e. The van der Waals surface area contributed by atoms with Crippen LogP contribution in [0.4, 0.5) is 0 Å². The number of hydrogen-bond donors (Lipinski definition) is 0. The van der Waals surface area contributed by atoms with Crippen molar-refractivity contribution in [3.05, 3.63) is 29.8 Å². The highest BCUT2D eigenvalue weighted by Crippen LogP contribution is 2.16. The zero-order chi connectivity index (χ0) is 13.8. The van der Waals surface area contributed by atoms with Gasteiger partial charge < -0.3 is 0 Å². The summed E-state index contributed by atoms with van der Waals surface area (Å²) in [6.07, 6.45) is 4.80. The lowest BCUT2D eigenvalue weighted by Crippen LogP contribution is -2.16. The second-order valence-corrected chi connectivity index (χ2v) is 7.00. The Morgan fingerprint density at radius 3 is 2.22 bits per heavy atom. The zero-order valence-corrected chi connectivity index (χ0v) is 11.3. The molecule has 0 aliphatic rings. The molecule has 0 spiro atoms. The fourth-order valence-corrected chi connectivity index (χ4v) is 3.61. The zero-order valence-electron chi connectivity index (χ0n) is 9.66. The van der Waals surface area contributed by atoms with Crippen molar-refractivity contribution in [2.75, 3.05) is 5.75 Å². The van der Waals surface area contributed by atoms with E-state index in [0.29, 0.717) is 0 Å². The van der Waals surface area contributed by atoms with Gasteiger partial charge in [-0.3, -0.25) is 0 Å². The van der Waals surface area contributed by atoms with Gasteiger partial charge in [0.25, 0.3) is 10.1 Å². The molecule has 0 atom stereocenters. The molecule has 0 radical (unpaired) electrons. The Morgan fingerprint density at radius 2 is 1.72 bits per heavy atom. The molecule has 7 heteroatoms. The van der Waals surface area contributed by atoms with E-state index in [1.165, 1.54) is 12.1 Å². The fraction of sp³-hybridized carbons (Fsp3) is 0.273. The number of rotatable bonds is 5. The van der Waals surface area contributed by atoms with E-state index in [0.717, 1.165) is 5.56 Å². The standard InChI is InChI=1S/C11H12O5S2/c1-3-4-9-17(12,13)16-18(14,15)11-7-5-10(2)6-8-11/h1,5-8H,4,9H2,2H3. The molecule has 1 aromatic rings. The summed E-state index contributed by atoms with van der Waals surface area (Å²) in [5, 5.41) is 0. The van der Waals surface area contributed by atoms with E-state index < -0.39 is 26.0 Å². The lowest BCUT2D eigenvalue weighted by molar-refractivity contribution is 0.462. The molecule has 5 nitrogen and oxygen atoms in total. The van der Waals surface area contributed by atoms with Gasteiger partial charge in [0.05, 0.1) is 10.6 Å². The summed E-state index contributed by atoms with van der Waals surface area (Å²) < 4.78 is 50.2. The molecule has 0 aromatic heterocycles. The summed E-state index contributed by atoms with van der Waals surface area (Å²) >= 11 is 0. The van der Waals surface area contributed by atoms with E-state index in [9.17, 15) is 16.8 Å². The van der Waals surface area contributed by atoms with Crippen LogP contribution in [0.15, 0.2) is 29.2 Å². The predicted octanol–water partition coefficient (Wildman–Crippen LogP) is 1.05. The summed E-state index contributed by atoms with van der Waals surface area (Å²) in [4.78, 5) is -0.211. The van der Waals surface area contributed by atoms with Crippen molar-refractivity contribution in [2.45, 2.75) is 18.2 Å². The molecule has 0 bridgehead atoms. The van der Waals surface area contributed by atoms with E-state index in [1.54, 1.807) is 19.1 Å². The smallest absolute Gasteiger partial charge is 0.198 e. The predicted molar refractivity (Wildman–Crippen MR) is 66.7 cm³/mol. The van der Waals surface area contributed by atoms with Crippen LogP contribution in [0.3, 0.4) is 0 Å². The van der Waals surface area contributed by atoms with Crippen LogP contribution in [0.2, 0.25) is 0 Å². The first kappa shape index (κ1) is 14.7. The molecule has 0 heterocycles. The first-order valence-electron chi connectivity index (χ1n) is 4.96. The van der Waals surface area contributed by atoms with Gasteiger partial charge in [0, 0.05) is 6.42 Å². The van der Waals surface area contributed by atoms with Gasteiger partial charge in [-0.2, -0.15) is 16.8 Å². The van der Waals surface area contributed by atoms with Crippen molar-refractivity contribution < 1.29 is 20.5 Å². The lowest BCUT2D eigenvalue weighted by atomic mass is 10.2. The van der Waals surface area contributed by atoms with Crippen molar-refractivity contribution in [3.63, 3.8) is 0 Å². The Bertz CT molecular complexity index is 648. The van der Waals surface area contributed by atoms with Crippen LogP contribution < -0.4 is 0 Å². The third-order valence-corrected chi connectivity index (χ3v) is 5.10. The Kier molecular flexibility index (Phi) is 4.51. The van der Waals surface area contributed by atoms with Gasteiger partial charge in [0.1, 0.15) is 0 Å². The number of benzene rings is 1. The normalized spacial score (nSPS) is 12.0. The van der Waals surface area contributed by atoms with Crippen LogP contribution in [-0.4, -0.2) is 22.6 Å². The average molecular weight is 288 g/mol. The van der Waals surface area contributed by atoms with Crippen LogP contribution in [0.25, 0.3) is 0 Å². The van der Waals surface area contributed by atoms with Crippen LogP contribution in [0.1, 0.15) is 12.0 Å². The topological polar surface area (TPSA) is 77.5 Å². The number of terminal acetylenes is 1. The molecule has 1 rings (SSSR count). The first-order valence-corrected chi connectivity index (χ1v) is 7.94. The second-order valence-electron chi connectivity index (χ2n) is 3.55. The Balaban J connectivity index is 2.96. The highest BCUT2D eigenvalue weighted by molar-refractivity contribution is 7.99. The van der Waals surface area contributed by atoms with Gasteiger partial charge in [-0.05, 0) is 19.1 Å². The molecule has 0 unspecified atom stereocenters. The largest absolute Gasteiger partial charge is 0.311 e.